The van der Waals surface area contributed by atoms with E-state index in [4.69, 9.17) is 4.89 Å². The summed E-state index contributed by atoms with van der Waals surface area (Å²) >= 11 is 0. The SMILES string of the molecule is C=CC(=O)OOCCCCCCCCC. The molecule has 0 atom stereocenters. The van der Waals surface area contributed by atoms with E-state index in [-0.39, 0.29) is 0 Å². The molecule has 0 radical (unpaired) electrons. The van der Waals surface area contributed by atoms with E-state index in [1.54, 1.807) is 0 Å². The van der Waals surface area contributed by atoms with Gasteiger partial charge in [0.25, 0.3) is 0 Å². The maximum Gasteiger partial charge on any atom is 0.365 e. The van der Waals surface area contributed by atoms with Gasteiger partial charge in [-0.2, -0.15) is 4.89 Å². The lowest BCUT2D eigenvalue weighted by Crippen LogP contribution is -2.02. The molecule has 0 aliphatic carbocycles. The molecule has 0 saturated carbocycles. The Morgan fingerprint density at radius 2 is 1.73 bits per heavy atom. The normalized spacial score (nSPS) is 9.93. The van der Waals surface area contributed by atoms with Crippen molar-refractivity contribution in [2.75, 3.05) is 6.61 Å². The van der Waals surface area contributed by atoms with Crippen molar-refractivity contribution in [3.63, 3.8) is 0 Å². The minimum atomic E-state index is -0.530. The van der Waals surface area contributed by atoms with Crippen molar-refractivity contribution in [2.24, 2.45) is 0 Å². The number of carbonyl (C=O) groups excluding carboxylic acids is 1. The van der Waals surface area contributed by atoms with Gasteiger partial charge in [-0.05, 0) is 6.42 Å². The molecule has 0 N–H and O–H groups in total. The summed E-state index contributed by atoms with van der Waals surface area (Å²) < 4.78 is 0. The number of hydrogen-bond donors (Lipinski definition) is 0. The molecule has 0 spiro atoms. The lowest BCUT2D eigenvalue weighted by Gasteiger charge is -2.01. The summed E-state index contributed by atoms with van der Waals surface area (Å²) in [6, 6.07) is 0. The first-order valence-corrected chi connectivity index (χ1v) is 5.77. The Morgan fingerprint density at radius 1 is 1.13 bits per heavy atom. The van der Waals surface area contributed by atoms with Crippen LogP contribution in [0.3, 0.4) is 0 Å². The summed E-state index contributed by atoms with van der Waals surface area (Å²) in [6.45, 7) is 5.95. The predicted octanol–water partition coefficient (Wildman–Crippen LogP) is 3.40. The van der Waals surface area contributed by atoms with Crippen LogP contribution in [0.25, 0.3) is 0 Å². The van der Waals surface area contributed by atoms with E-state index in [0.29, 0.717) is 6.61 Å². The quantitative estimate of drug-likeness (QED) is 0.242. The van der Waals surface area contributed by atoms with Gasteiger partial charge in [-0.25, -0.2) is 4.79 Å². The second-order valence-corrected chi connectivity index (χ2v) is 3.55. The minimum Gasteiger partial charge on any atom is -0.294 e. The van der Waals surface area contributed by atoms with Crippen LogP contribution in [-0.2, 0) is 14.6 Å². The predicted molar refractivity (Wildman–Crippen MR) is 60.2 cm³/mol. The summed E-state index contributed by atoms with van der Waals surface area (Å²) in [6.07, 6.45) is 9.62. The highest BCUT2D eigenvalue weighted by atomic mass is 17.2. The standard InChI is InChI=1S/C12H22O3/c1-3-5-6-7-8-9-10-11-14-15-12(13)4-2/h4H,2-3,5-11H2,1H3. The number of rotatable bonds is 10. The van der Waals surface area contributed by atoms with Crippen LogP contribution in [0.5, 0.6) is 0 Å². The summed E-state index contributed by atoms with van der Waals surface area (Å²) in [4.78, 5) is 19.6. The highest BCUT2D eigenvalue weighted by molar-refractivity contribution is 5.80. The van der Waals surface area contributed by atoms with Crippen molar-refractivity contribution < 1.29 is 14.6 Å². The molecule has 0 aromatic heterocycles. The first-order valence-electron chi connectivity index (χ1n) is 5.77. The van der Waals surface area contributed by atoms with E-state index in [1.165, 1.54) is 32.1 Å². The average molecular weight is 214 g/mol. The van der Waals surface area contributed by atoms with E-state index in [2.05, 4.69) is 18.4 Å². The van der Waals surface area contributed by atoms with Crippen molar-refractivity contribution in [2.45, 2.75) is 51.9 Å². The first-order chi connectivity index (χ1) is 7.31. The van der Waals surface area contributed by atoms with Crippen LogP contribution in [0.2, 0.25) is 0 Å². The average Bonchev–Trinajstić information content (AvgIpc) is 2.26. The molecule has 0 aromatic carbocycles. The Bertz CT molecular complexity index is 166. The van der Waals surface area contributed by atoms with Crippen LogP contribution >= 0.6 is 0 Å². The zero-order chi connectivity index (χ0) is 11.4. The third-order valence-corrected chi connectivity index (χ3v) is 2.14. The highest BCUT2D eigenvalue weighted by Crippen LogP contribution is 2.06. The van der Waals surface area contributed by atoms with Gasteiger partial charge >= 0.3 is 5.97 Å². The van der Waals surface area contributed by atoms with Crippen molar-refractivity contribution in [1.82, 2.24) is 0 Å². The van der Waals surface area contributed by atoms with Crippen LogP contribution in [-0.4, -0.2) is 12.6 Å². The molecule has 15 heavy (non-hydrogen) atoms. The van der Waals surface area contributed by atoms with E-state index < -0.39 is 5.97 Å². The van der Waals surface area contributed by atoms with Crippen molar-refractivity contribution in [1.29, 1.82) is 0 Å². The molecular formula is C12H22O3. The fourth-order valence-corrected chi connectivity index (χ4v) is 1.25. The molecule has 0 fully saturated rings. The Balaban J connectivity index is 2.98. The van der Waals surface area contributed by atoms with Gasteiger partial charge in [-0.3, -0.25) is 4.89 Å². The molecule has 0 heterocycles. The van der Waals surface area contributed by atoms with Crippen LogP contribution in [0, 0.1) is 0 Å². The molecule has 3 heteroatoms. The zero-order valence-corrected chi connectivity index (χ0v) is 9.67. The van der Waals surface area contributed by atoms with Gasteiger partial charge in [0.15, 0.2) is 0 Å². The van der Waals surface area contributed by atoms with Gasteiger partial charge in [0.1, 0.15) is 0 Å². The summed E-state index contributed by atoms with van der Waals surface area (Å²) in [5.74, 6) is -0.530. The Morgan fingerprint density at radius 3 is 2.33 bits per heavy atom. The minimum absolute atomic E-state index is 0.480. The van der Waals surface area contributed by atoms with Crippen LogP contribution in [0.15, 0.2) is 12.7 Å². The lowest BCUT2D eigenvalue weighted by atomic mass is 10.1. The molecule has 0 unspecified atom stereocenters. The fraction of sp³-hybridized carbons (Fsp3) is 0.750. The maximum atomic E-state index is 10.6. The first kappa shape index (κ1) is 14.2. The van der Waals surface area contributed by atoms with E-state index in [1.807, 2.05) is 0 Å². The second kappa shape index (κ2) is 11.2. The largest absolute Gasteiger partial charge is 0.365 e. The Kier molecular flexibility index (Phi) is 10.6. The maximum absolute atomic E-state index is 10.6. The molecule has 0 aliphatic rings. The van der Waals surface area contributed by atoms with E-state index >= 15 is 0 Å². The van der Waals surface area contributed by atoms with Crippen molar-refractivity contribution in [3.8, 4) is 0 Å². The van der Waals surface area contributed by atoms with Gasteiger partial charge in [-0.15, -0.1) is 0 Å². The summed E-state index contributed by atoms with van der Waals surface area (Å²) in [7, 11) is 0. The van der Waals surface area contributed by atoms with Gasteiger partial charge in [0.05, 0.1) is 6.61 Å². The number of unbranched alkanes of at least 4 members (excludes halogenated alkanes) is 6. The number of carbonyl (C=O) groups is 1. The molecule has 0 saturated heterocycles. The third kappa shape index (κ3) is 11.1. The third-order valence-electron chi connectivity index (χ3n) is 2.14. The van der Waals surface area contributed by atoms with Crippen molar-refractivity contribution >= 4 is 5.97 Å². The number of hydrogen-bond acceptors (Lipinski definition) is 3. The van der Waals surface area contributed by atoms with Gasteiger partial charge in [0.2, 0.25) is 0 Å². The monoisotopic (exact) mass is 214 g/mol. The van der Waals surface area contributed by atoms with Crippen molar-refractivity contribution in [3.05, 3.63) is 12.7 Å². The summed E-state index contributed by atoms with van der Waals surface area (Å²) in [5, 5.41) is 0. The Labute approximate surface area is 92.4 Å². The topological polar surface area (TPSA) is 35.5 Å². The van der Waals surface area contributed by atoms with Gasteiger partial charge in [-0.1, -0.05) is 52.0 Å². The van der Waals surface area contributed by atoms with Crippen LogP contribution in [0.1, 0.15) is 51.9 Å². The molecule has 0 bridgehead atoms. The summed E-state index contributed by atoms with van der Waals surface area (Å²) in [5.41, 5.74) is 0. The molecule has 0 amide bonds. The smallest absolute Gasteiger partial charge is 0.294 e. The second-order valence-electron chi connectivity index (χ2n) is 3.55. The Hall–Kier alpha value is -0.830. The highest BCUT2D eigenvalue weighted by Gasteiger charge is 1.96. The van der Waals surface area contributed by atoms with E-state index in [9.17, 15) is 4.79 Å². The zero-order valence-electron chi connectivity index (χ0n) is 9.67. The molecule has 0 aliphatic heterocycles. The molecule has 0 rings (SSSR count). The molecule has 3 nitrogen and oxygen atoms in total. The van der Waals surface area contributed by atoms with Crippen LogP contribution in [0.4, 0.5) is 0 Å². The lowest BCUT2D eigenvalue weighted by molar-refractivity contribution is -0.267. The van der Waals surface area contributed by atoms with Gasteiger partial charge in [0, 0.05) is 6.08 Å². The van der Waals surface area contributed by atoms with Gasteiger partial charge < -0.3 is 0 Å². The molecule has 88 valence electrons. The molecular weight excluding hydrogens is 192 g/mol. The van der Waals surface area contributed by atoms with E-state index in [0.717, 1.165) is 18.9 Å². The molecule has 0 aromatic rings. The fourth-order valence-electron chi connectivity index (χ4n) is 1.25. The van der Waals surface area contributed by atoms with Crippen LogP contribution < -0.4 is 0 Å².